The van der Waals surface area contributed by atoms with Gasteiger partial charge < -0.3 is 9.97 Å². The summed E-state index contributed by atoms with van der Waals surface area (Å²) < 4.78 is 0. The van der Waals surface area contributed by atoms with E-state index in [1.807, 2.05) is 12.1 Å². The summed E-state index contributed by atoms with van der Waals surface area (Å²) in [5.41, 5.74) is 3.86. The van der Waals surface area contributed by atoms with Crippen LogP contribution in [-0.4, -0.2) is 15.8 Å². The molecule has 0 amide bonds. The quantitative estimate of drug-likeness (QED) is 0.567. The van der Waals surface area contributed by atoms with E-state index in [0.717, 1.165) is 5.56 Å². The molecule has 3 aromatic rings. The van der Waals surface area contributed by atoms with Crippen molar-refractivity contribution in [2.24, 2.45) is 0 Å². The zero-order chi connectivity index (χ0) is 16.4. The summed E-state index contributed by atoms with van der Waals surface area (Å²) in [6.45, 7) is 4.30. The van der Waals surface area contributed by atoms with Gasteiger partial charge in [0.1, 0.15) is 0 Å². The van der Waals surface area contributed by atoms with E-state index in [9.17, 15) is 9.59 Å². The second-order valence-corrected chi connectivity index (χ2v) is 5.86. The van der Waals surface area contributed by atoms with Gasteiger partial charge in [0.25, 0.3) is 0 Å². The average Bonchev–Trinajstić information content (AvgIpc) is 2.92. The monoisotopic (exact) mass is 306 g/mol. The second-order valence-electron chi connectivity index (χ2n) is 5.86. The maximum atomic E-state index is 12.3. The Hall–Kier alpha value is -2.88. The predicted molar refractivity (Wildman–Crippen MR) is 92.8 cm³/mol. The van der Waals surface area contributed by atoms with E-state index >= 15 is 0 Å². The second kappa shape index (κ2) is 6.08. The number of carbonyl (C=O) groups excluding carboxylic acids is 1. The number of H-pyrrole nitrogens is 2. The van der Waals surface area contributed by atoms with Crippen molar-refractivity contribution in [3.8, 4) is 0 Å². The minimum absolute atomic E-state index is 0.0955. The standard InChI is InChI=1S/C19H18N2O2/c1-12(2)14-6-3-13(4-7-14)5-10-18(22)15-8-9-16-17(11-15)21-19(23)20-16/h3-12H,1-2H3,(H2,20,21,23). The summed E-state index contributed by atoms with van der Waals surface area (Å²) in [5.74, 6) is 0.395. The molecule has 0 saturated carbocycles. The molecule has 2 aromatic carbocycles. The number of hydrogen-bond acceptors (Lipinski definition) is 2. The van der Waals surface area contributed by atoms with Crippen molar-refractivity contribution in [2.75, 3.05) is 0 Å². The summed E-state index contributed by atoms with van der Waals surface area (Å²) in [6, 6.07) is 13.3. The van der Waals surface area contributed by atoms with Crippen molar-refractivity contribution in [3.63, 3.8) is 0 Å². The smallest absolute Gasteiger partial charge is 0.306 e. The van der Waals surface area contributed by atoms with E-state index in [1.165, 1.54) is 5.56 Å². The lowest BCUT2D eigenvalue weighted by atomic mass is 10.0. The Kier molecular flexibility index (Phi) is 3.98. The number of aromatic amines is 2. The van der Waals surface area contributed by atoms with Crippen molar-refractivity contribution >= 4 is 22.9 Å². The molecule has 4 heteroatoms. The van der Waals surface area contributed by atoms with Gasteiger partial charge in [-0.2, -0.15) is 0 Å². The molecular weight excluding hydrogens is 288 g/mol. The van der Waals surface area contributed by atoms with Crippen LogP contribution in [0.3, 0.4) is 0 Å². The minimum atomic E-state index is -0.273. The van der Waals surface area contributed by atoms with Crippen molar-refractivity contribution in [2.45, 2.75) is 19.8 Å². The van der Waals surface area contributed by atoms with Crippen LogP contribution in [0.1, 0.15) is 41.3 Å². The van der Waals surface area contributed by atoms with E-state index in [1.54, 1.807) is 30.4 Å². The fourth-order valence-electron chi connectivity index (χ4n) is 2.45. The first-order chi connectivity index (χ1) is 11.0. The number of hydrogen-bond donors (Lipinski definition) is 2. The number of ketones is 1. The summed E-state index contributed by atoms with van der Waals surface area (Å²) in [7, 11) is 0. The molecule has 0 radical (unpaired) electrons. The van der Waals surface area contributed by atoms with Crippen molar-refractivity contribution < 1.29 is 4.79 Å². The van der Waals surface area contributed by atoms with Crippen LogP contribution >= 0.6 is 0 Å². The summed E-state index contributed by atoms with van der Waals surface area (Å²) >= 11 is 0. The number of fused-ring (bicyclic) bond motifs is 1. The third-order valence-corrected chi connectivity index (χ3v) is 3.83. The molecule has 3 rings (SSSR count). The lowest BCUT2D eigenvalue weighted by Gasteiger charge is -2.04. The summed E-state index contributed by atoms with van der Waals surface area (Å²) in [6.07, 6.45) is 3.35. The van der Waals surface area contributed by atoms with Crippen LogP contribution < -0.4 is 5.69 Å². The highest BCUT2D eigenvalue weighted by molar-refractivity contribution is 6.08. The van der Waals surface area contributed by atoms with Crippen LogP contribution in [0.2, 0.25) is 0 Å². The molecule has 0 aliphatic heterocycles. The van der Waals surface area contributed by atoms with Crippen LogP contribution in [0, 0.1) is 0 Å². The molecule has 0 aliphatic carbocycles. The Bertz CT molecular complexity index is 928. The lowest BCUT2D eigenvalue weighted by Crippen LogP contribution is -1.99. The SMILES string of the molecule is CC(C)c1ccc(C=CC(=O)c2ccc3[nH]c(=O)[nH]c3c2)cc1. The first-order valence-corrected chi connectivity index (χ1v) is 7.57. The number of allylic oxidation sites excluding steroid dienone is 1. The molecule has 0 bridgehead atoms. The number of carbonyl (C=O) groups is 1. The van der Waals surface area contributed by atoms with Crippen molar-refractivity contribution in [1.82, 2.24) is 9.97 Å². The number of imidazole rings is 1. The maximum Gasteiger partial charge on any atom is 0.323 e. The van der Waals surface area contributed by atoms with Gasteiger partial charge >= 0.3 is 5.69 Å². The van der Waals surface area contributed by atoms with Crippen LogP contribution in [0.25, 0.3) is 17.1 Å². The Morgan fingerprint density at radius 3 is 2.39 bits per heavy atom. The predicted octanol–water partition coefficient (Wildman–Crippen LogP) is 3.88. The fourth-order valence-corrected chi connectivity index (χ4v) is 2.45. The highest BCUT2D eigenvalue weighted by atomic mass is 16.1. The fraction of sp³-hybridized carbons (Fsp3) is 0.158. The lowest BCUT2D eigenvalue weighted by molar-refractivity contribution is 0.104. The van der Waals surface area contributed by atoms with E-state index in [-0.39, 0.29) is 11.5 Å². The van der Waals surface area contributed by atoms with Gasteiger partial charge in [0.15, 0.2) is 5.78 Å². The van der Waals surface area contributed by atoms with Gasteiger partial charge in [-0.05, 0) is 41.3 Å². The van der Waals surface area contributed by atoms with Crippen LogP contribution in [0.5, 0.6) is 0 Å². The van der Waals surface area contributed by atoms with Gasteiger partial charge in [-0.1, -0.05) is 44.2 Å². The summed E-state index contributed by atoms with van der Waals surface area (Å²) in [5, 5.41) is 0. The van der Waals surface area contributed by atoms with Crippen LogP contribution in [0.4, 0.5) is 0 Å². The zero-order valence-corrected chi connectivity index (χ0v) is 13.1. The molecule has 0 saturated heterocycles. The van der Waals surface area contributed by atoms with Gasteiger partial charge in [0.2, 0.25) is 0 Å². The van der Waals surface area contributed by atoms with Crippen LogP contribution in [-0.2, 0) is 0 Å². The maximum absolute atomic E-state index is 12.3. The molecule has 116 valence electrons. The Balaban J connectivity index is 1.80. The number of rotatable bonds is 4. The van der Waals surface area contributed by atoms with E-state index in [0.29, 0.717) is 22.5 Å². The van der Waals surface area contributed by atoms with Gasteiger partial charge in [-0.3, -0.25) is 4.79 Å². The van der Waals surface area contributed by atoms with Crippen molar-refractivity contribution in [3.05, 3.63) is 75.7 Å². The van der Waals surface area contributed by atoms with Gasteiger partial charge in [-0.25, -0.2) is 4.79 Å². The van der Waals surface area contributed by atoms with E-state index < -0.39 is 0 Å². The highest BCUT2D eigenvalue weighted by Gasteiger charge is 2.05. The van der Waals surface area contributed by atoms with Gasteiger partial charge in [0.05, 0.1) is 11.0 Å². The third-order valence-electron chi connectivity index (χ3n) is 3.83. The topological polar surface area (TPSA) is 65.7 Å². The molecule has 0 aliphatic rings. The number of benzene rings is 2. The first kappa shape index (κ1) is 15.0. The molecule has 2 N–H and O–H groups in total. The largest absolute Gasteiger partial charge is 0.323 e. The first-order valence-electron chi connectivity index (χ1n) is 7.57. The Morgan fingerprint density at radius 2 is 1.70 bits per heavy atom. The molecule has 0 atom stereocenters. The van der Waals surface area contributed by atoms with E-state index in [4.69, 9.17) is 0 Å². The number of aromatic nitrogens is 2. The molecular formula is C19H18N2O2. The van der Waals surface area contributed by atoms with Crippen LogP contribution in [0.15, 0.2) is 53.3 Å². The highest BCUT2D eigenvalue weighted by Crippen LogP contribution is 2.16. The molecule has 0 unspecified atom stereocenters. The zero-order valence-electron chi connectivity index (χ0n) is 13.1. The molecule has 23 heavy (non-hydrogen) atoms. The normalized spacial score (nSPS) is 11.6. The molecule has 1 aromatic heterocycles. The van der Waals surface area contributed by atoms with E-state index in [2.05, 4.69) is 35.9 Å². The Labute approximate surface area is 133 Å². The third kappa shape index (κ3) is 3.31. The molecule has 4 nitrogen and oxygen atoms in total. The summed E-state index contributed by atoms with van der Waals surface area (Å²) in [4.78, 5) is 28.8. The minimum Gasteiger partial charge on any atom is -0.306 e. The number of nitrogens with one attached hydrogen (secondary N) is 2. The Morgan fingerprint density at radius 1 is 1.00 bits per heavy atom. The average molecular weight is 306 g/mol. The van der Waals surface area contributed by atoms with Gasteiger partial charge in [-0.15, -0.1) is 0 Å². The molecule has 1 heterocycles. The van der Waals surface area contributed by atoms with Crippen molar-refractivity contribution in [1.29, 1.82) is 0 Å². The molecule has 0 fully saturated rings. The van der Waals surface area contributed by atoms with Gasteiger partial charge in [0, 0.05) is 5.56 Å². The molecule has 0 spiro atoms.